The number of hydrogen-bond donors (Lipinski definition) is 1. The predicted octanol–water partition coefficient (Wildman–Crippen LogP) is 2.87. The highest BCUT2D eigenvalue weighted by molar-refractivity contribution is 5.49. The van der Waals surface area contributed by atoms with E-state index in [1.165, 1.54) is 12.8 Å². The van der Waals surface area contributed by atoms with Crippen LogP contribution < -0.4 is 10.1 Å². The second-order valence-electron chi connectivity index (χ2n) is 5.52. The Morgan fingerprint density at radius 3 is 2.80 bits per heavy atom. The molecule has 108 valence electrons. The number of benzene rings is 1. The van der Waals surface area contributed by atoms with E-state index in [1.807, 2.05) is 30.3 Å². The second-order valence-corrected chi connectivity index (χ2v) is 5.52. The number of rotatable bonds is 5. The summed E-state index contributed by atoms with van der Waals surface area (Å²) in [5.41, 5.74) is 1.07. The maximum atomic E-state index is 8.53. The number of piperidine rings is 1. The summed E-state index contributed by atoms with van der Waals surface area (Å²) in [6, 6.07) is 11.0. The summed E-state index contributed by atoms with van der Waals surface area (Å²) in [6.07, 6.45) is 2.34. The Bertz CT molecular complexity index is 459. The number of anilines is 1. The molecule has 0 aromatic heterocycles. The third kappa shape index (κ3) is 4.14. The van der Waals surface area contributed by atoms with Gasteiger partial charge >= 0.3 is 0 Å². The van der Waals surface area contributed by atoms with Crippen LogP contribution in [0.4, 0.5) is 5.69 Å². The standard InChI is InChI=1S/C16H23N3O/c1-13(2)19-9-6-14(7-10-19)18-15-4-3-5-16(12-15)20-11-8-17/h3-5,12-14,18H,6-7,9-11H2,1-2H3. The van der Waals surface area contributed by atoms with Crippen molar-refractivity contribution in [1.29, 1.82) is 5.26 Å². The highest BCUT2D eigenvalue weighted by Crippen LogP contribution is 2.21. The van der Waals surface area contributed by atoms with Crippen LogP contribution in [0.15, 0.2) is 24.3 Å². The van der Waals surface area contributed by atoms with Gasteiger partial charge in [0.15, 0.2) is 6.61 Å². The molecule has 1 aliphatic rings. The lowest BCUT2D eigenvalue weighted by Gasteiger charge is -2.35. The first-order chi connectivity index (χ1) is 9.69. The Morgan fingerprint density at radius 1 is 1.40 bits per heavy atom. The maximum absolute atomic E-state index is 8.53. The number of nitriles is 1. The molecule has 2 rings (SSSR count). The lowest BCUT2D eigenvalue weighted by molar-refractivity contribution is 0.177. The van der Waals surface area contributed by atoms with Crippen molar-refractivity contribution in [2.24, 2.45) is 0 Å². The van der Waals surface area contributed by atoms with Crippen molar-refractivity contribution in [3.63, 3.8) is 0 Å². The summed E-state index contributed by atoms with van der Waals surface area (Å²) in [5.74, 6) is 0.746. The Labute approximate surface area is 121 Å². The molecule has 0 atom stereocenters. The minimum atomic E-state index is 0.0935. The van der Waals surface area contributed by atoms with Crippen LogP contribution in [0.3, 0.4) is 0 Å². The third-order valence-electron chi connectivity index (χ3n) is 3.77. The quantitative estimate of drug-likeness (QED) is 0.896. The monoisotopic (exact) mass is 273 g/mol. The van der Waals surface area contributed by atoms with E-state index in [4.69, 9.17) is 10.00 Å². The number of nitrogens with one attached hydrogen (secondary N) is 1. The molecule has 0 unspecified atom stereocenters. The van der Waals surface area contributed by atoms with Gasteiger partial charge < -0.3 is 15.0 Å². The van der Waals surface area contributed by atoms with Gasteiger partial charge in [0.1, 0.15) is 11.8 Å². The van der Waals surface area contributed by atoms with Crippen molar-refractivity contribution in [3.8, 4) is 11.8 Å². The van der Waals surface area contributed by atoms with Crippen LogP contribution in [-0.4, -0.2) is 36.7 Å². The van der Waals surface area contributed by atoms with Crippen molar-refractivity contribution in [2.45, 2.75) is 38.8 Å². The van der Waals surface area contributed by atoms with E-state index in [0.717, 1.165) is 24.5 Å². The molecule has 1 aromatic carbocycles. The van der Waals surface area contributed by atoms with Gasteiger partial charge in [-0.2, -0.15) is 5.26 Å². The van der Waals surface area contributed by atoms with Crippen molar-refractivity contribution in [3.05, 3.63) is 24.3 Å². The first-order valence-corrected chi connectivity index (χ1v) is 7.29. The fraction of sp³-hybridized carbons (Fsp3) is 0.562. The van der Waals surface area contributed by atoms with Crippen LogP contribution in [0.2, 0.25) is 0 Å². The Balaban J connectivity index is 1.86. The minimum Gasteiger partial charge on any atom is -0.479 e. The average molecular weight is 273 g/mol. The van der Waals surface area contributed by atoms with E-state index in [9.17, 15) is 0 Å². The molecule has 1 fully saturated rings. The SMILES string of the molecule is CC(C)N1CCC(Nc2cccc(OCC#N)c2)CC1. The molecule has 4 nitrogen and oxygen atoms in total. The van der Waals surface area contributed by atoms with Crippen molar-refractivity contribution in [2.75, 3.05) is 25.0 Å². The molecule has 0 saturated carbocycles. The van der Waals surface area contributed by atoms with Crippen LogP contribution in [0.5, 0.6) is 5.75 Å². The molecule has 20 heavy (non-hydrogen) atoms. The Hall–Kier alpha value is -1.73. The average Bonchev–Trinajstić information content (AvgIpc) is 2.46. The van der Waals surface area contributed by atoms with Gasteiger partial charge in [0.25, 0.3) is 0 Å². The second kappa shape index (κ2) is 7.16. The molecule has 1 heterocycles. The van der Waals surface area contributed by atoms with E-state index >= 15 is 0 Å². The van der Waals surface area contributed by atoms with Crippen LogP contribution in [-0.2, 0) is 0 Å². The van der Waals surface area contributed by atoms with Crippen molar-refractivity contribution in [1.82, 2.24) is 4.90 Å². The fourth-order valence-electron chi connectivity index (χ4n) is 2.59. The van der Waals surface area contributed by atoms with E-state index in [1.54, 1.807) is 0 Å². The highest BCUT2D eigenvalue weighted by atomic mass is 16.5. The zero-order valence-corrected chi connectivity index (χ0v) is 12.3. The number of ether oxygens (including phenoxy) is 1. The van der Waals surface area contributed by atoms with Gasteiger partial charge in [-0.05, 0) is 38.8 Å². The normalized spacial score (nSPS) is 16.9. The summed E-state index contributed by atoms with van der Waals surface area (Å²) in [5, 5.41) is 12.1. The lowest BCUT2D eigenvalue weighted by atomic mass is 10.0. The van der Waals surface area contributed by atoms with Crippen LogP contribution in [0, 0.1) is 11.3 Å². The first-order valence-electron chi connectivity index (χ1n) is 7.29. The van der Waals surface area contributed by atoms with Gasteiger partial charge in [0.2, 0.25) is 0 Å². The molecule has 0 bridgehead atoms. The zero-order valence-electron chi connectivity index (χ0n) is 12.3. The van der Waals surface area contributed by atoms with E-state index in [0.29, 0.717) is 12.1 Å². The molecule has 1 saturated heterocycles. The van der Waals surface area contributed by atoms with Crippen molar-refractivity contribution >= 4 is 5.69 Å². The highest BCUT2D eigenvalue weighted by Gasteiger charge is 2.20. The summed E-state index contributed by atoms with van der Waals surface area (Å²) in [7, 11) is 0. The largest absolute Gasteiger partial charge is 0.479 e. The van der Waals surface area contributed by atoms with Gasteiger partial charge in [0.05, 0.1) is 0 Å². The Morgan fingerprint density at radius 2 is 2.15 bits per heavy atom. The van der Waals surface area contributed by atoms with Gasteiger partial charge in [0, 0.05) is 36.9 Å². The molecule has 4 heteroatoms. The number of likely N-dealkylation sites (tertiary alicyclic amines) is 1. The molecule has 0 amide bonds. The van der Waals surface area contributed by atoms with E-state index < -0.39 is 0 Å². The number of nitrogens with zero attached hydrogens (tertiary/aromatic N) is 2. The molecule has 0 spiro atoms. The van der Waals surface area contributed by atoms with Crippen LogP contribution >= 0.6 is 0 Å². The molecule has 0 radical (unpaired) electrons. The van der Waals surface area contributed by atoms with Crippen molar-refractivity contribution < 1.29 is 4.74 Å². The summed E-state index contributed by atoms with van der Waals surface area (Å²) < 4.78 is 5.32. The third-order valence-corrected chi connectivity index (χ3v) is 3.77. The van der Waals surface area contributed by atoms with E-state index in [-0.39, 0.29) is 6.61 Å². The zero-order chi connectivity index (χ0) is 14.4. The first kappa shape index (κ1) is 14.7. The topological polar surface area (TPSA) is 48.3 Å². The summed E-state index contributed by atoms with van der Waals surface area (Å²) >= 11 is 0. The molecule has 0 aliphatic carbocycles. The molecule has 1 aromatic rings. The predicted molar refractivity (Wildman–Crippen MR) is 80.9 cm³/mol. The van der Waals surface area contributed by atoms with Gasteiger partial charge in [-0.15, -0.1) is 0 Å². The molecule has 1 N–H and O–H groups in total. The van der Waals surface area contributed by atoms with Gasteiger partial charge in [-0.1, -0.05) is 6.07 Å². The minimum absolute atomic E-state index is 0.0935. The lowest BCUT2D eigenvalue weighted by Crippen LogP contribution is -2.42. The summed E-state index contributed by atoms with van der Waals surface area (Å²) in [6.45, 7) is 6.91. The van der Waals surface area contributed by atoms with E-state index in [2.05, 4.69) is 24.1 Å². The van der Waals surface area contributed by atoms with Crippen LogP contribution in [0.1, 0.15) is 26.7 Å². The maximum Gasteiger partial charge on any atom is 0.174 e. The molecular weight excluding hydrogens is 250 g/mol. The molecular formula is C16H23N3O. The van der Waals surface area contributed by atoms with Crippen LogP contribution in [0.25, 0.3) is 0 Å². The van der Waals surface area contributed by atoms with Gasteiger partial charge in [-0.25, -0.2) is 0 Å². The van der Waals surface area contributed by atoms with Gasteiger partial charge in [-0.3, -0.25) is 0 Å². The molecule has 1 aliphatic heterocycles. The smallest absolute Gasteiger partial charge is 0.174 e. The number of hydrogen-bond acceptors (Lipinski definition) is 4. The summed E-state index contributed by atoms with van der Waals surface area (Å²) in [4.78, 5) is 2.52. The fourth-order valence-corrected chi connectivity index (χ4v) is 2.59. The Kier molecular flexibility index (Phi) is 5.25.